The minimum absolute atomic E-state index is 1.01. The van der Waals surface area contributed by atoms with Crippen molar-refractivity contribution in [2.75, 3.05) is 0 Å². The number of benzene rings is 5. The maximum atomic E-state index is 5.19. The van der Waals surface area contributed by atoms with E-state index in [9.17, 15) is 0 Å². The Balaban J connectivity index is 1.73. The molecule has 0 unspecified atom stereocenters. The van der Waals surface area contributed by atoms with Gasteiger partial charge in [0.05, 0.1) is 27.6 Å². The van der Waals surface area contributed by atoms with Gasteiger partial charge in [0.1, 0.15) is 5.65 Å². The summed E-state index contributed by atoms with van der Waals surface area (Å²) in [6.45, 7) is 0. The fourth-order valence-electron chi connectivity index (χ4n) is 5.71. The zero-order chi connectivity index (χ0) is 22.2. The van der Waals surface area contributed by atoms with Gasteiger partial charge in [-0.15, -0.1) is 0 Å². The first kappa shape index (κ1) is 17.9. The van der Waals surface area contributed by atoms with Crippen LogP contribution in [0.4, 0.5) is 0 Å². The molecule has 0 amide bonds. The first-order valence-corrected chi connectivity index (χ1v) is 11.6. The first-order valence-electron chi connectivity index (χ1n) is 11.6. The number of rotatable bonds is 1. The van der Waals surface area contributed by atoms with Crippen molar-refractivity contribution in [3.63, 3.8) is 0 Å². The average molecular weight is 434 g/mol. The molecule has 3 heterocycles. The lowest BCUT2D eigenvalue weighted by Gasteiger charge is -2.11. The van der Waals surface area contributed by atoms with E-state index in [-0.39, 0.29) is 0 Å². The minimum Gasteiger partial charge on any atom is -0.309 e. The number of nitrogens with zero attached hydrogens (tertiary/aromatic N) is 3. The van der Waals surface area contributed by atoms with Gasteiger partial charge in [0.15, 0.2) is 0 Å². The number of fused-ring (bicyclic) bond motifs is 12. The lowest BCUT2D eigenvalue weighted by molar-refractivity contribution is 1.18. The largest absolute Gasteiger partial charge is 0.309 e. The quantitative estimate of drug-likeness (QED) is 0.241. The van der Waals surface area contributed by atoms with Crippen molar-refractivity contribution in [1.82, 2.24) is 14.0 Å². The monoisotopic (exact) mass is 433 g/mol. The lowest BCUT2D eigenvalue weighted by Crippen LogP contribution is -1.94. The average Bonchev–Trinajstić information content (AvgIpc) is 3.45. The minimum atomic E-state index is 1.01. The Morgan fingerprint density at radius 3 is 1.97 bits per heavy atom. The maximum Gasteiger partial charge on any atom is 0.147 e. The number of hydrogen-bond donors (Lipinski definition) is 0. The van der Waals surface area contributed by atoms with Crippen LogP contribution in [-0.4, -0.2) is 14.0 Å². The summed E-state index contributed by atoms with van der Waals surface area (Å²) < 4.78 is 4.71. The molecule has 0 aliphatic carbocycles. The summed E-state index contributed by atoms with van der Waals surface area (Å²) in [5, 5.41) is 6.19. The van der Waals surface area contributed by atoms with Crippen molar-refractivity contribution < 1.29 is 0 Å². The molecule has 8 rings (SSSR count). The van der Waals surface area contributed by atoms with Gasteiger partial charge in [-0.25, -0.2) is 4.98 Å². The molecule has 3 nitrogen and oxygen atoms in total. The third-order valence-electron chi connectivity index (χ3n) is 7.07. The van der Waals surface area contributed by atoms with Gasteiger partial charge in [0.2, 0.25) is 0 Å². The van der Waals surface area contributed by atoms with Crippen molar-refractivity contribution >= 4 is 60.2 Å². The van der Waals surface area contributed by atoms with E-state index < -0.39 is 0 Å². The molecule has 158 valence electrons. The molecule has 0 saturated carbocycles. The second-order valence-corrected chi connectivity index (χ2v) is 8.85. The van der Waals surface area contributed by atoms with Gasteiger partial charge >= 0.3 is 0 Å². The van der Waals surface area contributed by atoms with Gasteiger partial charge in [0, 0.05) is 27.2 Å². The summed E-state index contributed by atoms with van der Waals surface area (Å²) in [6, 6.07) is 41.0. The lowest BCUT2D eigenvalue weighted by atomic mass is 10.0. The van der Waals surface area contributed by atoms with Gasteiger partial charge in [-0.1, -0.05) is 72.8 Å². The van der Waals surface area contributed by atoms with Crippen LogP contribution < -0.4 is 0 Å². The van der Waals surface area contributed by atoms with Crippen LogP contribution in [0.3, 0.4) is 0 Å². The SMILES string of the molecule is c1ccc(-n2c3ccccc3c3c4c(ccc32)c2ccccc2n2c3ccccc3nc42)cc1. The molecule has 0 radical (unpaired) electrons. The summed E-state index contributed by atoms with van der Waals surface area (Å²) in [5.41, 5.74) is 7.92. The second kappa shape index (κ2) is 6.46. The highest BCUT2D eigenvalue weighted by Crippen LogP contribution is 2.41. The van der Waals surface area contributed by atoms with E-state index in [1.165, 1.54) is 49.2 Å². The van der Waals surface area contributed by atoms with Gasteiger partial charge in [-0.2, -0.15) is 0 Å². The van der Waals surface area contributed by atoms with Gasteiger partial charge < -0.3 is 4.57 Å². The second-order valence-electron chi connectivity index (χ2n) is 8.85. The van der Waals surface area contributed by atoms with Crippen LogP contribution in [0.25, 0.3) is 65.8 Å². The molecule has 3 heteroatoms. The molecule has 0 saturated heterocycles. The molecule has 3 aromatic heterocycles. The first-order chi connectivity index (χ1) is 16.9. The summed E-state index contributed by atoms with van der Waals surface area (Å²) in [6.07, 6.45) is 0. The number of pyridine rings is 1. The smallest absolute Gasteiger partial charge is 0.147 e. The molecule has 0 N–H and O–H groups in total. The Labute approximate surface area is 195 Å². The van der Waals surface area contributed by atoms with Crippen molar-refractivity contribution in [2.24, 2.45) is 0 Å². The molecular formula is C31H19N3. The van der Waals surface area contributed by atoms with Crippen molar-refractivity contribution in [1.29, 1.82) is 0 Å². The standard InChI is InChI=1S/C31H19N3/c1-2-10-20(11-3-1)33-26-16-8-5-13-23(26)29-28(33)19-18-22-21-12-4-7-15-25(21)34-27-17-9-6-14-24(27)32-31(34)30(22)29/h1-19H. The van der Waals surface area contributed by atoms with Crippen LogP contribution in [0.15, 0.2) is 115 Å². The van der Waals surface area contributed by atoms with E-state index in [2.05, 4.69) is 124 Å². The number of para-hydroxylation sites is 5. The zero-order valence-electron chi connectivity index (χ0n) is 18.3. The molecule has 0 bridgehead atoms. The molecule has 0 aliphatic rings. The summed E-state index contributed by atoms with van der Waals surface area (Å²) >= 11 is 0. The van der Waals surface area contributed by atoms with E-state index in [1.807, 2.05) is 0 Å². The molecule has 5 aromatic carbocycles. The van der Waals surface area contributed by atoms with E-state index in [0.29, 0.717) is 0 Å². The van der Waals surface area contributed by atoms with Crippen LogP contribution in [0, 0.1) is 0 Å². The Morgan fingerprint density at radius 2 is 1.12 bits per heavy atom. The van der Waals surface area contributed by atoms with Crippen molar-refractivity contribution in [3.8, 4) is 5.69 Å². The van der Waals surface area contributed by atoms with Crippen LogP contribution >= 0.6 is 0 Å². The van der Waals surface area contributed by atoms with Crippen LogP contribution in [-0.2, 0) is 0 Å². The van der Waals surface area contributed by atoms with Crippen LogP contribution in [0.1, 0.15) is 0 Å². The fourth-order valence-corrected chi connectivity index (χ4v) is 5.71. The van der Waals surface area contributed by atoms with E-state index in [0.717, 1.165) is 16.7 Å². The molecule has 0 fully saturated rings. The Kier molecular flexibility index (Phi) is 3.39. The summed E-state index contributed by atoms with van der Waals surface area (Å²) in [4.78, 5) is 5.19. The number of hydrogen-bond acceptors (Lipinski definition) is 1. The van der Waals surface area contributed by atoms with Gasteiger partial charge in [-0.05, 0) is 47.9 Å². The topological polar surface area (TPSA) is 22.2 Å². The van der Waals surface area contributed by atoms with E-state index in [4.69, 9.17) is 4.98 Å². The van der Waals surface area contributed by atoms with Gasteiger partial charge in [0.25, 0.3) is 0 Å². The van der Waals surface area contributed by atoms with Crippen LogP contribution in [0.2, 0.25) is 0 Å². The highest BCUT2D eigenvalue weighted by Gasteiger charge is 2.20. The normalized spacial score (nSPS) is 12.1. The third kappa shape index (κ3) is 2.18. The highest BCUT2D eigenvalue weighted by atomic mass is 15.0. The molecule has 8 aromatic rings. The molecule has 0 atom stereocenters. The van der Waals surface area contributed by atoms with E-state index >= 15 is 0 Å². The van der Waals surface area contributed by atoms with E-state index in [1.54, 1.807) is 0 Å². The highest BCUT2D eigenvalue weighted by molar-refractivity contribution is 6.29. The maximum absolute atomic E-state index is 5.19. The Hall–Kier alpha value is -4.63. The van der Waals surface area contributed by atoms with Gasteiger partial charge in [-0.3, -0.25) is 4.40 Å². The Morgan fingerprint density at radius 1 is 0.441 bits per heavy atom. The van der Waals surface area contributed by atoms with Crippen molar-refractivity contribution in [2.45, 2.75) is 0 Å². The van der Waals surface area contributed by atoms with Crippen LogP contribution in [0.5, 0.6) is 0 Å². The summed E-state index contributed by atoms with van der Waals surface area (Å²) in [7, 11) is 0. The fraction of sp³-hybridized carbons (Fsp3) is 0. The molecule has 0 aliphatic heterocycles. The number of imidazole rings is 1. The third-order valence-corrected chi connectivity index (χ3v) is 7.07. The number of aromatic nitrogens is 3. The predicted molar refractivity (Wildman–Crippen MR) is 142 cm³/mol. The Bertz CT molecular complexity index is 2060. The molecular weight excluding hydrogens is 414 g/mol. The molecule has 34 heavy (non-hydrogen) atoms. The molecule has 0 spiro atoms. The van der Waals surface area contributed by atoms with Crippen molar-refractivity contribution in [3.05, 3.63) is 115 Å². The summed E-state index contributed by atoms with van der Waals surface area (Å²) in [5.74, 6) is 0. The predicted octanol–water partition coefficient (Wildman–Crippen LogP) is 7.89. The zero-order valence-corrected chi connectivity index (χ0v) is 18.3.